The maximum atomic E-state index is 13.2. The SMILES string of the molecule is CN1CCN(C(=O)c2cccc(N3CCCC3)c2)C[C@@H]1C(=O)NCC1CCOCC1. The number of carbonyl (C=O) groups excluding carboxylic acids is 2. The number of amides is 2. The topological polar surface area (TPSA) is 65.1 Å². The van der Waals surface area contributed by atoms with Crippen LogP contribution >= 0.6 is 0 Å². The van der Waals surface area contributed by atoms with Crippen LogP contribution in [0.5, 0.6) is 0 Å². The van der Waals surface area contributed by atoms with Gasteiger partial charge in [0.1, 0.15) is 6.04 Å². The van der Waals surface area contributed by atoms with Crippen molar-refractivity contribution in [2.75, 3.05) is 64.4 Å². The molecular weight excluding hydrogens is 380 g/mol. The first kappa shape index (κ1) is 21.1. The van der Waals surface area contributed by atoms with E-state index in [9.17, 15) is 9.59 Å². The molecule has 7 heteroatoms. The average Bonchev–Trinajstić information content (AvgIpc) is 3.33. The number of likely N-dealkylation sites (N-methyl/N-ethyl adjacent to an activating group) is 1. The maximum absolute atomic E-state index is 13.2. The number of hydrogen-bond donors (Lipinski definition) is 1. The normalized spacial score (nSPS) is 23.6. The number of piperazine rings is 1. The first-order chi connectivity index (χ1) is 14.6. The minimum Gasteiger partial charge on any atom is -0.381 e. The number of carbonyl (C=O) groups is 2. The molecule has 30 heavy (non-hydrogen) atoms. The van der Waals surface area contributed by atoms with Crippen LogP contribution in [0.15, 0.2) is 24.3 Å². The maximum Gasteiger partial charge on any atom is 0.254 e. The van der Waals surface area contributed by atoms with Gasteiger partial charge in [-0.2, -0.15) is 0 Å². The van der Waals surface area contributed by atoms with Crippen molar-refractivity contribution >= 4 is 17.5 Å². The smallest absolute Gasteiger partial charge is 0.254 e. The minimum atomic E-state index is -0.302. The van der Waals surface area contributed by atoms with Gasteiger partial charge in [0, 0.05) is 63.7 Å². The Morgan fingerprint density at radius 2 is 1.87 bits per heavy atom. The second kappa shape index (κ2) is 9.79. The summed E-state index contributed by atoms with van der Waals surface area (Å²) in [6.07, 6.45) is 4.42. The zero-order valence-corrected chi connectivity index (χ0v) is 18.0. The van der Waals surface area contributed by atoms with Crippen LogP contribution < -0.4 is 10.2 Å². The predicted octanol–water partition coefficient (Wildman–Crippen LogP) is 1.59. The summed E-state index contributed by atoms with van der Waals surface area (Å²) >= 11 is 0. The Morgan fingerprint density at radius 3 is 2.63 bits per heavy atom. The highest BCUT2D eigenvalue weighted by Crippen LogP contribution is 2.22. The van der Waals surface area contributed by atoms with Crippen LogP contribution in [-0.2, 0) is 9.53 Å². The molecule has 3 saturated heterocycles. The number of benzene rings is 1. The Labute approximate surface area is 179 Å². The highest BCUT2D eigenvalue weighted by molar-refractivity contribution is 5.96. The minimum absolute atomic E-state index is 0.0198. The van der Waals surface area contributed by atoms with Crippen LogP contribution in [0.1, 0.15) is 36.0 Å². The van der Waals surface area contributed by atoms with Crippen LogP contribution in [0.4, 0.5) is 5.69 Å². The molecule has 4 rings (SSSR count). The van der Waals surface area contributed by atoms with Gasteiger partial charge in [0.2, 0.25) is 5.91 Å². The molecule has 0 radical (unpaired) electrons. The Balaban J connectivity index is 1.36. The van der Waals surface area contributed by atoms with Crippen molar-refractivity contribution in [2.45, 2.75) is 31.7 Å². The molecule has 1 N–H and O–H groups in total. The number of ether oxygens (including phenoxy) is 1. The van der Waals surface area contributed by atoms with Crippen molar-refractivity contribution in [3.63, 3.8) is 0 Å². The number of hydrogen-bond acceptors (Lipinski definition) is 5. The summed E-state index contributed by atoms with van der Waals surface area (Å²) in [6.45, 7) is 6.15. The first-order valence-corrected chi connectivity index (χ1v) is 11.3. The van der Waals surface area contributed by atoms with E-state index in [2.05, 4.69) is 21.2 Å². The quantitative estimate of drug-likeness (QED) is 0.793. The van der Waals surface area contributed by atoms with E-state index in [1.54, 1.807) is 0 Å². The van der Waals surface area contributed by atoms with E-state index in [4.69, 9.17) is 4.74 Å². The number of anilines is 1. The lowest BCUT2D eigenvalue weighted by Crippen LogP contribution is -2.59. The third-order valence-electron chi connectivity index (χ3n) is 6.71. The Morgan fingerprint density at radius 1 is 1.10 bits per heavy atom. The Kier molecular flexibility index (Phi) is 6.89. The summed E-state index contributed by atoms with van der Waals surface area (Å²) < 4.78 is 5.40. The fourth-order valence-corrected chi connectivity index (χ4v) is 4.65. The van der Waals surface area contributed by atoms with Crippen molar-refractivity contribution < 1.29 is 14.3 Å². The number of nitrogens with one attached hydrogen (secondary N) is 1. The van der Waals surface area contributed by atoms with Gasteiger partial charge in [-0.05, 0) is 56.8 Å². The average molecular weight is 415 g/mol. The highest BCUT2D eigenvalue weighted by Gasteiger charge is 2.33. The Hall–Kier alpha value is -2.12. The van der Waals surface area contributed by atoms with Gasteiger partial charge in [0.05, 0.1) is 0 Å². The van der Waals surface area contributed by atoms with E-state index in [-0.39, 0.29) is 17.9 Å². The van der Waals surface area contributed by atoms with Crippen LogP contribution in [0, 0.1) is 5.92 Å². The van der Waals surface area contributed by atoms with Crippen molar-refractivity contribution in [3.05, 3.63) is 29.8 Å². The van der Waals surface area contributed by atoms with Gasteiger partial charge in [-0.25, -0.2) is 0 Å². The van der Waals surface area contributed by atoms with E-state index >= 15 is 0 Å². The van der Waals surface area contributed by atoms with Crippen molar-refractivity contribution in [1.82, 2.24) is 15.1 Å². The standard InChI is InChI=1S/C23H34N4O3/c1-25-11-12-27(17-21(25)22(28)24-16-18-7-13-30-14-8-18)23(29)19-5-4-6-20(15-19)26-9-2-3-10-26/h4-6,15,18,21H,2-3,7-14,16-17H2,1H3,(H,24,28)/t21-/m1/s1. The second-order valence-corrected chi connectivity index (χ2v) is 8.79. The molecule has 164 valence electrons. The van der Waals surface area contributed by atoms with Crippen LogP contribution in [-0.4, -0.2) is 87.2 Å². The number of rotatable bonds is 5. The molecule has 0 saturated carbocycles. The lowest BCUT2D eigenvalue weighted by molar-refractivity contribution is -0.128. The molecule has 0 spiro atoms. The Bertz CT molecular complexity index is 744. The lowest BCUT2D eigenvalue weighted by Gasteiger charge is -2.38. The predicted molar refractivity (Wildman–Crippen MR) is 117 cm³/mol. The van der Waals surface area contributed by atoms with Crippen molar-refractivity contribution in [2.24, 2.45) is 5.92 Å². The molecule has 0 aliphatic carbocycles. The third kappa shape index (κ3) is 4.95. The summed E-state index contributed by atoms with van der Waals surface area (Å²) in [4.78, 5) is 32.3. The highest BCUT2D eigenvalue weighted by atomic mass is 16.5. The molecule has 0 aromatic heterocycles. The molecule has 3 heterocycles. The second-order valence-electron chi connectivity index (χ2n) is 8.79. The summed E-state index contributed by atoms with van der Waals surface area (Å²) in [7, 11) is 1.97. The fourth-order valence-electron chi connectivity index (χ4n) is 4.65. The summed E-state index contributed by atoms with van der Waals surface area (Å²) in [5, 5.41) is 3.12. The zero-order valence-electron chi connectivity index (χ0n) is 18.0. The van der Waals surface area contributed by atoms with Crippen LogP contribution in [0.2, 0.25) is 0 Å². The first-order valence-electron chi connectivity index (χ1n) is 11.3. The van der Waals surface area contributed by atoms with E-state index in [1.807, 2.05) is 30.1 Å². The van der Waals surface area contributed by atoms with Crippen molar-refractivity contribution in [1.29, 1.82) is 0 Å². The monoisotopic (exact) mass is 414 g/mol. The van der Waals surface area contributed by atoms with Gasteiger partial charge in [-0.15, -0.1) is 0 Å². The summed E-state index contributed by atoms with van der Waals surface area (Å²) in [5.41, 5.74) is 1.84. The fraction of sp³-hybridized carbons (Fsp3) is 0.652. The lowest BCUT2D eigenvalue weighted by atomic mass is 10.00. The van der Waals surface area contributed by atoms with Crippen LogP contribution in [0.25, 0.3) is 0 Å². The van der Waals surface area contributed by atoms with E-state index in [1.165, 1.54) is 12.8 Å². The third-order valence-corrected chi connectivity index (χ3v) is 6.71. The van der Waals surface area contributed by atoms with Gasteiger partial charge in [-0.3, -0.25) is 14.5 Å². The molecule has 1 atom stereocenters. The van der Waals surface area contributed by atoms with Crippen molar-refractivity contribution in [3.8, 4) is 0 Å². The summed E-state index contributed by atoms with van der Waals surface area (Å²) in [6, 6.07) is 7.64. The van der Waals surface area contributed by atoms with Crippen LogP contribution in [0.3, 0.4) is 0 Å². The molecule has 0 unspecified atom stereocenters. The van der Waals surface area contributed by atoms with Gasteiger partial charge < -0.3 is 19.9 Å². The summed E-state index contributed by atoms with van der Waals surface area (Å²) in [5.74, 6) is 0.529. The molecule has 0 bridgehead atoms. The molecule has 3 fully saturated rings. The molecular formula is C23H34N4O3. The van der Waals surface area contributed by atoms with E-state index < -0.39 is 0 Å². The molecule has 1 aromatic carbocycles. The molecule has 1 aromatic rings. The van der Waals surface area contributed by atoms with Gasteiger partial charge in [-0.1, -0.05) is 6.07 Å². The molecule has 3 aliphatic rings. The zero-order chi connectivity index (χ0) is 20.9. The van der Waals surface area contributed by atoms with E-state index in [0.717, 1.165) is 44.8 Å². The van der Waals surface area contributed by atoms with E-state index in [0.29, 0.717) is 37.7 Å². The molecule has 2 amide bonds. The molecule has 3 aliphatic heterocycles. The van der Waals surface area contributed by atoms with Gasteiger partial charge in [0.25, 0.3) is 5.91 Å². The molecule has 7 nitrogen and oxygen atoms in total. The van der Waals surface area contributed by atoms with Gasteiger partial charge >= 0.3 is 0 Å². The van der Waals surface area contributed by atoms with Gasteiger partial charge in [0.15, 0.2) is 0 Å². The number of nitrogens with zero attached hydrogens (tertiary/aromatic N) is 3. The largest absolute Gasteiger partial charge is 0.381 e.